The van der Waals surface area contributed by atoms with Crippen molar-refractivity contribution in [1.29, 1.82) is 0 Å². The summed E-state index contributed by atoms with van der Waals surface area (Å²) >= 11 is 0. The molecule has 1 aromatic carbocycles. The molecule has 11 heteroatoms. The van der Waals surface area contributed by atoms with Crippen LogP contribution in [0.3, 0.4) is 0 Å². The molecular formula is C19H21F3N4O4. The smallest absolute Gasteiger partial charge is 0.435 e. The number of rotatable bonds is 7. The maximum Gasteiger partial charge on any atom is 0.435 e. The van der Waals surface area contributed by atoms with Crippen molar-refractivity contribution in [3.8, 4) is 0 Å². The summed E-state index contributed by atoms with van der Waals surface area (Å²) < 4.78 is 43.2. The van der Waals surface area contributed by atoms with Gasteiger partial charge in [-0.1, -0.05) is 18.2 Å². The second-order valence-electron chi connectivity index (χ2n) is 6.56. The Morgan fingerprint density at radius 2 is 1.80 bits per heavy atom. The lowest BCUT2D eigenvalue weighted by Crippen LogP contribution is -2.40. The lowest BCUT2D eigenvalue weighted by molar-refractivity contribution is -0.156. The van der Waals surface area contributed by atoms with Gasteiger partial charge in [0.15, 0.2) is 11.8 Å². The molecule has 1 unspecified atom stereocenters. The minimum absolute atomic E-state index is 0.345. The number of nitrogens with zero attached hydrogens (tertiary/aromatic N) is 2. The van der Waals surface area contributed by atoms with Crippen LogP contribution < -0.4 is 10.6 Å². The van der Waals surface area contributed by atoms with Gasteiger partial charge >= 0.3 is 12.1 Å². The van der Waals surface area contributed by atoms with Crippen LogP contribution in [-0.4, -0.2) is 40.2 Å². The second-order valence-corrected chi connectivity index (χ2v) is 6.56. The highest BCUT2D eigenvalue weighted by atomic mass is 19.4. The number of ether oxygens (including phenoxy) is 1. The average molecular weight is 426 g/mol. The molecule has 0 aliphatic carbocycles. The molecule has 30 heavy (non-hydrogen) atoms. The molecular weight excluding hydrogens is 405 g/mol. The monoisotopic (exact) mass is 426 g/mol. The Labute approximate surface area is 170 Å². The minimum Gasteiger partial charge on any atom is -0.451 e. The topological polar surface area (TPSA) is 102 Å². The normalized spacial score (nSPS) is 12.2. The maximum atomic E-state index is 12.5. The Morgan fingerprint density at radius 3 is 2.37 bits per heavy atom. The van der Waals surface area contributed by atoms with E-state index in [9.17, 15) is 27.6 Å². The van der Waals surface area contributed by atoms with Gasteiger partial charge in [-0.2, -0.15) is 18.3 Å². The summed E-state index contributed by atoms with van der Waals surface area (Å²) in [6, 6.07) is 6.24. The van der Waals surface area contributed by atoms with Crippen molar-refractivity contribution < 1.29 is 32.3 Å². The van der Waals surface area contributed by atoms with Gasteiger partial charge in [-0.25, -0.2) is 0 Å². The van der Waals surface area contributed by atoms with Gasteiger partial charge < -0.3 is 15.4 Å². The summed E-state index contributed by atoms with van der Waals surface area (Å²) in [5, 5.41) is 8.26. The highest BCUT2D eigenvalue weighted by Crippen LogP contribution is 2.27. The zero-order chi connectivity index (χ0) is 22.5. The number of hydrogen-bond acceptors (Lipinski definition) is 5. The summed E-state index contributed by atoms with van der Waals surface area (Å²) in [5.74, 6) is -2.14. The molecule has 0 aliphatic rings. The number of alkyl halides is 3. The van der Waals surface area contributed by atoms with Gasteiger partial charge in [0.25, 0.3) is 5.91 Å². The standard InChI is InChI=1S/C19H21F3N4O4/c1-11-5-4-6-12(2)17(11)24-15(27)9-23-18(29)13(3)30-16(28)10-26-8-7-14(25-26)19(20,21)22/h4-8,13H,9-10H2,1-3H3,(H,23,29)(H,24,27). The van der Waals surface area contributed by atoms with Crippen LogP contribution in [0.5, 0.6) is 0 Å². The molecule has 1 atom stereocenters. The van der Waals surface area contributed by atoms with Crippen LogP contribution in [-0.2, 0) is 31.8 Å². The molecule has 0 fully saturated rings. The Morgan fingerprint density at radius 1 is 1.17 bits per heavy atom. The van der Waals surface area contributed by atoms with Crippen LogP contribution in [0.4, 0.5) is 18.9 Å². The molecule has 0 saturated carbocycles. The number of amides is 2. The quantitative estimate of drug-likeness (QED) is 0.661. The van der Waals surface area contributed by atoms with Crippen molar-refractivity contribution in [3.63, 3.8) is 0 Å². The molecule has 0 aliphatic heterocycles. The number of benzene rings is 1. The van der Waals surface area contributed by atoms with Gasteiger partial charge in [0, 0.05) is 11.9 Å². The van der Waals surface area contributed by atoms with E-state index in [0.29, 0.717) is 5.69 Å². The van der Waals surface area contributed by atoms with E-state index < -0.39 is 42.3 Å². The molecule has 0 radical (unpaired) electrons. The van der Waals surface area contributed by atoms with E-state index in [1.54, 1.807) is 0 Å². The van der Waals surface area contributed by atoms with E-state index in [2.05, 4.69) is 15.7 Å². The molecule has 2 amide bonds. The number of esters is 1. The van der Waals surface area contributed by atoms with Crippen LogP contribution in [0.2, 0.25) is 0 Å². The van der Waals surface area contributed by atoms with Gasteiger partial charge in [0.05, 0.1) is 6.54 Å². The molecule has 2 rings (SSSR count). The molecule has 8 nitrogen and oxygen atoms in total. The van der Waals surface area contributed by atoms with Crippen molar-refractivity contribution >= 4 is 23.5 Å². The van der Waals surface area contributed by atoms with Crippen LogP contribution >= 0.6 is 0 Å². The lowest BCUT2D eigenvalue weighted by Gasteiger charge is -2.15. The average Bonchev–Trinajstić information content (AvgIpc) is 3.11. The molecule has 0 spiro atoms. The van der Waals surface area contributed by atoms with Crippen LogP contribution in [0.1, 0.15) is 23.7 Å². The SMILES string of the molecule is Cc1cccc(C)c1NC(=O)CNC(=O)C(C)OC(=O)Cn1ccc(C(F)(F)F)n1. The Kier molecular flexibility index (Phi) is 7.19. The van der Waals surface area contributed by atoms with Crippen LogP contribution in [0, 0.1) is 13.8 Å². The van der Waals surface area contributed by atoms with Crippen LogP contribution in [0.15, 0.2) is 30.5 Å². The number of anilines is 1. The summed E-state index contributed by atoms with van der Waals surface area (Å²) in [6.07, 6.45) is -4.89. The van der Waals surface area contributed by atoms with E-state index >= 15 is 0 Å². The van der Waals surface area contributed by atoms with E-state index in [1.165, 1.54) is 6.92 Å². The number of hydrogen-bond donors (Lipinski definition) is 2. The Bertz CT molecular complexity index is 920. The predicted molar refractivity (Wildman–Crippen MR) is 100 cm³/mol. The fourth-order valence-corrected chi connectivity index (χ4v) is 2.53. The summed E-state index contributed by atoms with van der Waals surface area (Å²) in [6.45, 7) is 4.00. The summed E-state index contributed by atoms with van der Waals surface area (Å²) in [5.41, 5.74) is 1.23. The summed E-state index contributed by atoms with van der Waals surface area (Å²) in [7, 11) is 0. The van der Waals surface area contributed by atoms with E-state index in [4.69, 9.17) is 4.74 Å². The zero-order valence-electron chi connectivity index (χ0n) is 16.5. The first-order chi connectivity index (χ1) is 14.0. The van der Waals surface area contributed by atoms with Gasteiger partial charge in [0.2, 0.25) is 5.91 Å². The highest BCUT2D eigenvalue weighted by molar-refractivity contribution is 5.96. The van der Waals surface area contributed by atoms with E-state index in [1.807, 2.05) is 32.0 Å². The molecule has 0 saturated heterocycles. The number of aromatic nitrogens is 2. The first-order valence-electron chi connectivity index (χ1n) is 8.91. The summed E-state index contributed by atoms with van der Waals surface area (Å²) in [4.78, 5) is 35.9. The number of aryl methyl sites for hydroxylation is 2. The highest BCUT2D eigenvalue weighted by Gasteiger charge is 2.33. The molecule has 2 N–H and O–H groups in total. The molecule has 162 valence electrons. The first kappa shape index (κ1) is 22.9. The Hall–Kier alpha value is -3.37. The predicted octanol–water partition coefficient (Wildman–Crippen LogP) is 2.21. The number of carbonyl (C=O) groups excluding carboxylic acids is 3. The maximum absolute atomic E-state index is 12.5. The minimum atomic E-state index is -4.63. The third-order valence-electron chi connectivity index (χ3n) is 4.07. The van der Waals surface area contributed by atoms with E-state index in [-0.39, 0.29) is 6.54 Å². The number of halogens is 3. The van der Waals surface area contributed by atoms with Gasteiger partial charge in [-0.3, -0.25) is 19.1 Å². The Balaban J connectivity index is 1.80. The lowest BCUT2D eigenvalue weighted by atomic mass is 10.1. The van der Waals surface area contributed by atoms with Gasteiger partial charge in [-0.15, -0.1) is 0 Å². The van der Waals surface area contributed by atoms with Crippen molar-refractivity contribution in [2.75, 3.05) is 11.9 Å². The number of carbonyl (C=O) groups is 3. The fraction of sp³-hybridized carbons (Fsp3) is 0.368. The molecule has 0 bridgehead atoms. The second kappa shape index (κ2) is 9.42. The number of nitrogens with one attached hydrogen (secondary N) is 2. The molecule has 2 aromatic rings. The fourth-order valence-electron chi connectivity index (χ4n) is 2.53. The molecule has 1 aromatic heterocycles. The van der Waals surface area contributed by atoms with Crippen molar-refractivity contribution in [3.05, 3.63) is 47.3 Å². The first-order valence-corrected chi connectivity index (χ1v) is 8.91. The van der Waals surface area contributed by atoms with Gasteiger partial charge in [0.1, 0.15) is 6.54 Å². The van der Waals surface area contributed by atoms with E-state index in [0.717, 1.165) is 28.1 Å². The third-order valence-corrected chi connectivity index (χ3v) is 4.07. The van der Waals surface area contributed by atoms with Crippen molar-refractivity contribution in [2.45, 2.75) is 39.6 Å². The van der Waals surface area contributed by atoms with Crippen molar-refractivity contribution in [2.24, 2.45) is 0 Å². The van der Waals surface area contributed by atoms with Crippen molar-refractivity contribution in [1.82, 2.24) is 15.1 Å². The van der Waals surface area contributed by atoms with Gasteiger partial charge in [-0.05, 0) is 38.0 Å². The van der Waals surface area contributed by atoms with Crippen LogP contribution in [0.25, 0.3) is 0 Å². The molecule has 1 heterocycles. The third kappa shape index (κ3) is 6.33. The number of para-hydroxylation sites is 1. The largest absolute Gasteiger partial charge is 0.451 e. The zero-order valence-corrected chi connectivity index (χ0v) is 16.5.